The lowest BCUT2D eigenvalue weighted by atomic mass is 10.1. The number of nitrogens with zero attached hydrogens (tertiary/aromatic N) is 2. The Balaban J connectivity index is 1.69. The molecule has 0 saturated carbocycles. The molecule has 0 fully saturated rings. The Morgan fingerprint density at radius 1 is 1.12 bits per heavy atom. The third-order valence-electron chi connectivity index (χ3n) is 4.15. The van der Waals surface area contributed by atoms with E-state index in [1.165, 1.54) is 0 Å². The summed E-state index contributed by atoms with van der Waals surface area (Å²) in [6, 6.07) is 11.7. The second-order valence-electron chi connectivity index (χ2n) is 6.27. The highest BCUT2D eigenvalue weighted by Crippen LogP contribution is 2.36. The minimum absolute atomic E-state index is 0.0523. The van der Waals surface area contributed by atoms with Crippen molar-refractivity contribution in [3.63, 3.8) is 0 Å². The van der Waals surface area contributed by atoms with Gasteiger partial charge in [-0.2, -0.15) is 0 Å². The highest BCUT2D eigenvalue weighted by Gasteiger charge is 2.39. The van der Waals surface area contributed by atoms with Crippen LogP contribution < -0.4 is 15.5 Å². The fourth-order valence-corrected chi connectivity index (χ4v) is 2.96. The molecule has 1 aliphatic heterocycles. The summed E-state index contributed by atoms with van der Waals surface area (Å²) in [5.41, 5.74) is 2.09. The monoisotopic (exact) mass is 352 g/mol. The predicted octanol–water partition coefficient (Wildman–Crippen LogP) is 1.31. The number of aromatic nitrogens is 1. The minimum Gasteiger partial charge on any atom is -0.342 e. The fraction of sp³-hybridized carbons (Fsp3) is 0.263. The van der Waals surface area contributed by atoms with Crippen molar-refractivity contribution >= 4 is 23.4 Å². The van der Waals surface area contributed by atoms with Crippen molar-refractivity contribution in [3.8, 4) is 0 Å². The number of pyridine rings is 1. The second kappa shape index (κ2) is 7.35. The van der Waals surface area contributed by atoms with E-state index in [0.717, 1.165) is 5.69 Å². The van der Waals surface area contributed by atoms with Crippen LogP contribution in [0.25, 0.3) is 0 Å². The first-order chi connectivity index (χ1) is 12.5. The van der Waals surface area contributed by atoms with E-state index in [1.807, 2.05) is 26.0 Å². The van der Waals surface area contributed by atoms with E-state index in [-0.39, 0.29) is 18.5 Å². The largest absolute Gasteiger partial charge is 0.342 e. The quantitative estimate of drug-likeness (QED) is 0.812. The van der Waals surface area contributed by atoms with Gasteiger partial charge in [0, 0.05) is 23.5 Å². The Morgan fingerprint density at radius 3 is 2.54 bits per heavy atom. The van der Waals surface area contributed by atoms with E-state index in [1.54, 1.807) is 41.4 Å². The number of para-hydroxylation sites is 1. The second-order valence-corrected chi connectivity index (χ2v) is 6.27. The summed E-state index contributed by atoms with van der Waals surface area (Å²) >= 11 is 0. The van der Waals surface area contributed by atoms with Gasteiger partial charge in [-0.3, -0.25) is 19.4 Å². The van der Waals surface area contributed by atoms with Gasteiger partial charge in [-0.1, -0.05) is 24.3 Å². The maximum atomic E-state index is 12.7. The number of carbonyl (C=O) groups excluding carboxylic acids is 3. The molecule has 1 aromatic carbocycles. The van der Waals surface area contributed by atoms with Gasteiger partial charge in [-0.05, 0) is 32.0 Å². The number of rotatable bonds is 4. The molecule has 7 nitrogen and oxygen atoms in total. The van der Waals surface area contributed by atoms with E-state index in [2.05, 4.69) is 15.6 Å². The Bertz CT molecular complexity index is 836. The molecule has 3 rings (SSSR count). The molecule has 1 atom stereocenters. The Morgan fingerprint density at radius 2 is 1.85 bits per heavy atom. The van der Waals surface area contributed by atoms with Gasteiger partial charge in [0.05, 0.1) is 12.2 Å². The van der Waals surface area contributed by atoms with Gasteiger partial charge in [0.25, 0.3) is 5.91 Å². The molecule has 7 heteroatoms. The number of hydrogen-bond acceptors (Lipinski definition) is 4. The normalized spacial score (nSPS) is 15.7. The summed E-state index contributed by atoms with van der Waals surface area (Å²) in [6.45, 7) is 3.94. The zero-order chi connectivity index (χ0) is 18.7. The van der Waals surface area contributed by atoms with E-state index >= 15 is 0 Å². The van der Waals surface area contributed by atoms with Gasteiger partial charge in [-0.15, -0.1) is 0 Å². The van der Waals surface area contributed by atoms with Crippen molar-refractivity contribution in [2.24, 2.45) is 0 Å². The molecule has 2 heterocycles. The van der Waals surface area contributed by atoms with Crippen LogP contribution in [-0.4, -0.2) is 28.7 Å². The van der Waals surface area contributed by atoms with Gasteiger partial charge >= 0.3 is 11.8 Å². The van der Waals surface area contributed by atoms with Gasteiger partial charge in [0.1, 0.15) is 6.04 Å². The van der Waals surface area contributed by atoms with Crippen molar-refractivity contribution in [2.75, 3.05) is 4.90 Å². The van der Waals surface area contributed by atoms with E-state index in [9.17, 15) is 14.4 Å². The van der Waals surface area contributed by atoms with Crippen LogP contribution in [0.5, 0.6) is 0 Å². The Hall–Kier alpha value is -3.22. The fourth-order valence-electron chi connectivity index (χ4n) is 2.96. The molecule has 0 spiro atoms. The molecule has 2 aromatic rings. The topological polar surface area (TPSA) is 91.4 Å². The average Bonchev–Trinajstić information content (AvgIpc) is 2.92. The van der Waals surface area contributed by atoms with E-state index in [4.69, 9.17) is 0 Å². The van der Waals surface area contributed by atoms with Crippen LogP contribution in [0.15, 0.2) is 48.7 Å². The van der Waals surface area contributed by atoms with Crippen molar-refractivity contribution < 1.29 is 14.4 Å². The first-order valence-corrected chi connectivity index (χ1v) is 8.39. The zero-order valence-electron chi connectivity index (χ0n) is 14.6. The molecular formula is C19H20N4O3. The molecule has 0 bridgehead atoms. The molecule has 0 unspecified atom stereocenters. The lowest BCUT2D eigenvalue weighted by molar-refractivity contribution is -0.140. The molecule has 3 amide bonds. The first-order valence-electron chi connectivity index (χ1n) is 8.39. The van der Waals surface area contributed by atoms with Crippen LogP contribution in [0.4, 0.5) is 5.69 Å². The van der Waals surface area contributed by atoms with Crippen molar-refractivity contribution in [1.29, 1.82) is 0 Å². The summed E-state index contributed by atoms with van der Waals surface area (Å²) in [6.07, 6.45) is 1.61. The van der Waals surface area contributed by atoms with Crippen LogP contribution in [0.3, 0.4) is 0 Å². The average molecular weight is 352 g/mol. The van der Waals surface area contributed by atoms with Gasteiger partial charge in [0.15, 0.2) is 0 Å². The van der Waals surface area contributed by atoms with Crippen molar-refractivity contribution in [1.82, 2.24) is 15.6 Å². The zero-order valence-corrected chi connectivity index (χ0v) is 14.6. The number of amides is 3. The smallest absolute Gasteiger partial charge is 0.310 e. The highest BCUT2D eigenvalue weighted by molar-refractivity contribution is 6.35. The molecule has 0 aliphatic carbocycles. The van der Waals surface area contributed by atoms with E-state index in [0.29, 0.717) is 11.3 Å². The number of nitrogens with one attached hydrogen (secondary N) is 2. The number of benzene rings is 1. The molecule has 134 valence electrons. The van der Waals surface area contributed by atoms with Crippen LogP contribution >= 0.6 is 0 Å². The molecule has 0 saturated heterocycles. The Labute approximate surface area is 151 Å². The van der Waals surface area contributed by atoms with Gasteiger partial charge in [0.2, 0.25) is 0 Å². The van der Waals surface area contributed by atoms with Crippen LogP contribution in [0, 0.1) is 0 Å². The maximum absolute atomic E-state index is 12.7. The van der Waals surface area contributed by atoms with Crippen LogP contribution in [-0.2, 0) is 20.9 Å². The number of carbonyl (C=O) groups is 3. The minimum atomic E-state index is -0.860. The standard InChI is InChI=1S/C19H20N4O3/c1-12(2)23-15-9-4-3-8-14(15)16(19(23)26)22-18(25)17(24)21-11-13-7-5-6-10-20-13/h3-10,12,16H,11H2,1-2H3,(H,21,24)(H,22,25)/t16-/m0/s1. The lowest BCUT2D eigenvalue weighted by Crippen LogP contribution is -2.45. The third-order valence-corrected chi connectivity index (χ3v) is 4.15. The van der Waals surface area contributed by atoms with Crippen molar-refractivity contribution in [2.45, 2.75) is 32.5 Å². The van der Waals surface area contributed by atoms with Gasteiger partial charge < -0.3 is 15.5 Å². The highest BCUT2D eigenvalue weighted by atomic mass is 16.2. The summed E-state index contributed by atoms with van der Waals surface area (Å²) in [5, 5.41) is 5.05. The summed E-state index contributed by atoms with van der Waals surface area (Å²) in [5.74, 6) is -1.89. The summed E-state index contributed by atoms with van der Waals surface area (Å²) in [7, 11) is 0. The van der Waals surface area contributed by atoms with Gasteiger partial charge in [-0.25, -0.2) is 0 Å². The number of anilines is 1. The summed E-state index contributed by atoms with van der Waals surface area (Å²) < 4.78 is 0. The lowest BCUT2D eigenvalue weighted by Gasteiger charge is -2.22. The number of fused-ring (bicyclic) bond motifs is 1. The number of hydrogen-bond donors (Lipinski definition) is 2. The molecule has 1 aliphatic rings. The van der Waals surface area contributed by atoms with Crippen LogP contribution in [0.2, 0.25) is 0 Å². The first kappa shape index (κ1) is 17.6. The molecule has 1 aromatic heterocycles. The molecule has 2 N–H and O–H groups in total. The maximum Gasteiger partial charge on any atom is 0.310 e. The predicted molar refractivity (Wildman–Crippen MR) is 96.0 cm³/mol. The summed E-state index contributed by atoms with van der Waals surface area (Å²) in [4.78, 5) is 42.7. The molecule has 0 radical (unpaired) electrons. The molecular weight excluding hydrogens is 332 g/mol. The molecule has 26 heavy (non-hydrogen) atoms. The van der Waals surface area contributed by atoms with Crippen LogP contribution in [0.1, 0.15) is 31.1 Å². The SMILES string of the molecule is CC(C)N1C(=O)[C@@H](NC(=O)C(=O)NCc2ccccn2)c2ccccc21. The third kappa shape index (κ3) is 3.42. The van der Waals surface area contributed by atoms with Crippen molar-refractivity contribution in [3.05, 3.63) is 59.9 Å². The Kier molecular flexibility index (Phi) is 4.97. The van der Waals surface area contributed by atoms with E-state index < -0.39 is 17.9 Å².